The number of anilines is 3. The lowest BCUT2D eigenvalue weighted by Gasteiger charge is -2.14. The van der Waals surface area contributed by atoms with Crippen LogP contribution in [0.1, 0.15) is 36.0 Å². The van der Waals surface area contributed by atoms with Crippen molar-refractivity contribution in [3.8, 4) is 0 Å². The Kier molecular flexibility index (Phi) is 4.36. The van der Waals surface area contributed by atoms with Crippen LogP contribution in [0.15, 0.2) is 30.5 Å². The van der Waals surface area contributed by atoms with Crippen molar-refractivity contribution < 1.29 is 9.18 Å². The summed E-state index contributed by atoms with van der Waals surface area (Å²) in [5.41, 5.74) is 6.30. The number of nitrogens with zero attached hydrogens (tertiary/aromatic N) is 2. The van der Waals surface area contributed by atoms with E-state index in [-0.39, 0.29) is 11.9 Å². The SMILES string of the molecule is NC(=O)c1ccc(Nc2ncc(F)c(NC3CCCC3)n2)cc1. The molecule has 0 unspecified atom stereocenters. The van der Waals surface area contributed by atoms with Crippen molar-refractivity contribution >= 4 is 23.4 Å². The van der Waals surface area contributed by atoms with E-state index in [4.69, 9.17) is 5.73 Å². The topological polar surface area (TPSA) is 92.9 Å². The molecule has 1 aromatic carbocycles. The monoisotopic (exact) mass is 315 g/mol. The molecule has 2 aromatic rings. The molecular formula is C16H18FN5O. The van der Waals surface area contributed by atoms with Gasteiger partial charge < -0.3 is 16.4 Å². The second kappa shape index (κ2) is 6.60. The van der Waals surface area contributed by atoms with Crippen LogP contribution in [-0.4, -0.2) is 21.9 Å². The van der Waals surface area contributed by atoms with Crippen molar-refractivity contribution in [1.82, 2.24) is 9.97 Å². The molecule has 1 aliphatic rings. The van der Waals surface area contributed by atoms with E-state index in [1.807, 2.05) is 0 Å². The fourth-order valence-electron chi connectivity index (χ4n) is 2.64. The zero-order chi connectivity index (χ0) is 16.2. The summed E-state index contributed by atoms with van der Waals surface area (Å²) >= 11 is 0. The van der Waals surface area contributed by atoms with Gasteiger partial charge in [0.1, 0.15) is 0 Å². The summed E-state index contributed by atoms with van der Waals surface area (Å²) in [5, 5.41) is 6.11. The Morgan fingerprint density at radius 1 is 1.22 bits per heavy atom. The van der Waals surface area contributed by atoms with E-state index in [1.54, 1.807) is 24.3 Å². The fourth-order valence-corrected chi connectivity index (χ4v) is 2.64. The summed E-state index contributed by atoms with van der Waals surface area (Å²) in [6.45, 7) is 0. The van der Waals surface area contributed by atoms with Gasteiger partial charge in [-0.15, -0.1) is 0 Å². The van der Waals surface area contributed by atoms with Crippen LogP contribution in [0.3, 0.4) is 0 Å². The molecular weight excluding hydrogens is 297 g/mol. The second-order valence-corrected chi connectivity index (χ2v) is 5.58. The lowest BCUT2D eigenvalue weighted by Crippen LogP contribution is -2.17. The standard InChI is InChI=1S/C16H18FN5O/c17-13-9-19-16(22-15(13)20-11-3-1-2-4-11)21-12-7-5-10(6-8-12)14(18)23/h5-9,11H,1-4H2,(H2,18,23)(H2,19,20,21,22). The minimum Gasteiger partial charge on any atom is -0.366 e. The summed E-state index contributed by atoms with van der Waals surface area (Å²) in [7, 11) is 0. The van der Waals surface area contributed by atoms with Gasteiger partial charge in [0.05, 0.1) is 6.20 Å². The summed E-state index contributed by atoms with van der Waals surface area (Å²) in [6, 6.07) is 6.85. The number of nitrogens with one attached hydrogen (secondary N) is 2. The van der Waals surface area contributed by atoms with Gasteiger partial charge in [-0.3, -0.25) is 4.79 Å². The fraction of sp³-hybridized carbons (Fsp3) is 0.312. The number of amides is 1. The molecule has 1 fully saturated rings. The Morgan fingerprint density at radius 2 is 1.91 bits per heavy atom. The first-order valence-corrected chi connectivity index (χ1v) is 7.58. The van der Waals surface area contributed by atoms with E-state index < -0.39 is 11.7 Å². The number of halogens is 1. The highest BCUT2D eigenvalue weighted by atomic mass is 19.1. The van der Waals surface area contributed by atoms with Crippen LogP contribution in [0.5, 0.6) is 0 Å². The van der Waals surface area contributed by atoms with Crippen molar-refractivity contribution in [3.05, 3.63) is 41.8 Å². The first-order valence-electron chi connectivity index (χ1n) is 7.58. The van der Waals surface area contributed by atoms with Crippen LogP contribution < -0.4 is 16.4 Å². The minimum absolute atomic E-state index is 0.211. The molecule has 0 aliphatic heterocycles. The van der Waals surface area contributed by atoms with Gasteiger partial charge >= 0.3 is 0 Å². The Hall–Kier alpha value is -2.70. The van der Waals surface area contributed by atoms with Crippen molar-refractivity contribution in [2.75, 3.05) is 10.6 Å². The van der Waals surface area contributed by atoms with Crippen molar-refractivity contribution in [3.63, 3.8) is 0 Å². The number of hydrogen-bond acceptors (Lipinski definition) is 5. The van der Waals surface area contributed by atoms with Crippen molar-refractivity contribution in [2.24, 2.45) is 5.73 Å². The number of carbonyl (C=O) groups excluding carboxylic acids is 1. The lowest BCUT2D eigenvalue weighted by molar-refractivity contribution is 0.100. The molecule has 6 nitrogen and oxygen atoms in total. The van der Waals surface area contributed by atoms with Gasteiger partial charge in [0.2, 0.25) is 11.9 Å². The Labute approximate surface area is 133 Å². The molecule has 0 radical (unpaired) electrons. The normalized spacial score (nSPS) is 14.7. The van der Waals surface area contributed by atoms with Crippen LogP contribution in [0, 0.1) is 5.82 Å². The molecule has 0 atom stereocenters. The largest absolute Gasteiger partial charge is 0.366 e. The molecule has 0 spiro atoms. The van der Waals surface area contributed by atoms with Crippen LogP contribution >= 0.6 is 0 Å². The molecule has 0 saturated heterocycles. The van der Waals surface area contributed by atoms with Gasteiger partial charge in [-0.25, -0.2) is 9.37 Å². The van der Waals surface area contributed by atoms with Crippen LogP contribution in [-0.2, 0) is 0 Å². The zero-order valence-corrected chi connectivity index (χ0v) is 12.6. The first-order chi connectivity index (χ1) is 11.1. The molecule has 120 valence electrons. The average Bonchev–Trinajstić information content (AvgIpc) is 3.04. The highest BCUT2D eigenvalue weighted by Crippen LogP contribution is 2.23. The molecule has 23 heavy (non-hydrogen) atoms. The molecule has 1 amide bonds. The average molecular weight is 315 g/mol. The van der Waals surface area contributed by atoms with Gasteiger partial charge in [0.25, 0.3) is 0 Å². The second-order valence-electron chi connectivity index (χ2n) is 5.58. The highest BCUT2D eigenvalue weighted by Gasteiger charge is 2.17. The van der Waals surface area contributed by atoms with Crippen molar-refractivity contribution in [2.45, 2.75) is 31.7 Å². The number of nitrogens with two attached hydrogens (primary N) is 1. The Balaban J connectivity index is 1.73. The molecule has 3 rings (SSSR count). The number of hydrogen-bond donors (Lipinski definition) is 3. The van der Waals surface area contributed by atoms with Gasteiger partial charge in [-0.2, -0.15) is 4.98 Å². The van der Waals surface area contributed by atoms with E-state index in [2.05, 4.69) is 20.6 Å². The Morgan fingerprint density at radius 3 is 2.57 bits per heavy atom. The van der Waals surface area contributed by atoms with Gasteiger partial charge in [0, 0.05) is 17.3 Å². The predicted octanol–water partition coefficient (Wildman–Crippen LogP) is 2.81. The van der Waals surface area contributed by atoms with E-state index in [0.29, 0.717) is 17.2 Å². The smallest absolute Gasteiger partial charge is 0.248 e. The van der Waals surface area contributed by atoms with Crippen molar-refractivity contribution in [1.29, 1.82) is 0 Å². The summed E-state index contributed by atoms with van der Waals surface area (Å²) in [5.74, 6) is -0.453. The molecule has 1 saturated carbocycles. The zero-order valence-electron chi connectivity index (χ0n) is 12.6. The third kappa shape index (κ3) is 3.74. The van der Waals surface area contributed by atoms with Crippen LogP contribution in [0.2, 0.25) is 0 Å². The summed E-state index contributed by atoms with van der Waals surface area (Å²) in [6.07, 6.45) is 5.51. The lowest BCUT2D eigenvalue weighted by atomic mass is 10.2. The quantitative estimate of drug-likeness (QED) is 0.789. The highest BCUT2D eigenvalue weighted by molar-refractivity contribution is 5.93. The number of carbonyl (C=O) groups is 1. The molecule has 7 heteroatoms. The van der Waals surface area contributed by atoms with E-state index in [9.17, 15) is 9.18 Å². The van der Waals surface area contributed by atoms with Gasteiger partial charge in [-0.1, -0.05) is 12.8 Å². The van der Waals surface area contributed by atoms with Gasteiger partial charge in [-0.05, 0) is 37.1 Å². The molecule has 1 aliphatic carbocycles. The Bertz CT molecular complexity index is 698. The number of aromatic nitrogens is 2. The molecule has 4 N–H and O–H groups in total. The predicted molar refractivity (Wildman–Crippen MR) is 86.1 cm³/mol. The van der Waals surface area contributed by atoms with E-state index >= 15 is 0 Å². The van der Waals surface area contributed by atoms with Crippen LogP contribution in [0.4, 0.5) is 21.8 Å². The van der Waals surface area contributed by atoms with Gasteiger partial charge in [0.15, 0.2) is 11.6 Å². The summed E-state index contributed by atoms with van der Waals surface area (Å²) in [4.78, 5) is 19.2. The minimum atomic E-state index is -0.488. The van der Waals surface area contributed by atoms with E-state index in [0.717, 1.165) is 31.9 Å². The maximum Gasteiger partial charge on any atom is 0.248 e. The summed E-state index contributed by atoms with van der Waals surface area (Å²) < 4.78 is 13.8. The molecule has 0 bridgehead atoms. The third-order valence-electron chi connectivity index (χ3n) is 3.87. The number of benzene rings is 1. The maximum absolute atomic E-state index is 13.8. The first kappa shape index (κ1) is 15.2. The number of rotatable bonds is 5. The van der Waals surface area contributed by atoms with Crippen LogP contribution in [0.25, 0.3) is 0 Å². The number of primary amides is 1. The third-order valence-corrected chi connectivity index (χ3v) is 3.87. The maximum atomic E-state index is 13.8. The molecule has 1 heterocycles. The molecule has 1 aromatic heterocycles. The van der Waals surface area contributed by atoms with E-state index in [1.165, 1.54) is 0 Å².